The smallest absolute Gasteiger partial charge is 0.130 e. The molecule has 1 N–H and O–H groups in total. The molecule has 84 valence electrons. The van der Waals surface area contributed by atoms with Crippen molar-refractivity contribution >= 4 is 15.9 Å². The monoisotopic (exact) mass is 274 g/mol. The molecule has 0 spiro atoms. The van der Waals surface area contributed by atoms with Crippen LogP contribution in [0.25, 0.3) is 0 Å². The predicted molar refractivity (Wildman–Crippen MR) is 63.1 cm³/mol. The van der Waals surface area contributed by atoms with Gasteiger partial charge in [0.1, 0.15) is 17.2 Å². The average Bonchev–Trinajstić information content (AvgIpc) is 2.18. The molecule has 1 aromatic rings. The summed E-state index contributed by atoms with van der Waals surface area (Å²) in [5, 5.41) is 10.3. The molecule has 0 aliphatic rings. The molecule has 0 heterocycles. The lowest BCUT2D eigenvalue weighted by Gasteiger charge is -2.12. The number of ether oxygens (including phenoxy) is 2. The summed E-state index contributed by atoms with van der Waals surface area (Å²) < 4.78 is 10.7. The van der Waals surface area contributed by atoms with Gasteiger partial charge in [0.25, 0.3) is 0 Å². The van der Waals surface area contributed by atoms with E-state index in [0.29, 0.717) is 30.0 Å². The lowest BCUT2D eigenvalue weighted by atomic mass is 10.2. The maximum Gasteiger partial charge on any atom is 0.130 e. The maximum absolute atomic E-state index is 9.74. The van der Waals surface area contributed by atoms with E-state index in [2.05, 4.69) is 15.9 Å². The number of benzene rings is 1. The Labute approximate surface area is 98.1 Å². The van der Waals surface area contributed by atoms with E-state index in [4.69, 9.17) is 9.47 Å². The molecule has 0 atom stereocenters. The van der Waals surface area contributed by atoms with Gasteiger partial charge in [-0.2, -0.15) is 0 Å². The van der Waals surface area contributed by atoms with Crippen LogP contribution in [0.15, 0.2) is 12.1 Å². The predicted octanol–water partition coefficient (Wildman–Crippen LogP) is 3.08. The maximum atomic E-state index is 9.74. The van der Waals surface area contributed by atoms with Crippen LogP contribution in [0.3, 0.4) is 0 Å². The van der Waals surface area contributed by atoms with Crippen molar-refractivity contribution in [2.75, 3.05) is 13.2 Å². The average molecular weight is 275 g/mol. The number of phenols is 1. The largest absolute Gasteiger partial charge is 0.507 e. The number of phenolic OH excluding ortho intramolecular Hbond substituents is 1. The van der Waals surface area contributed by atoms with Gasteiger partial charge in [0, 0.05) is 23.0 Å². The van der Waals surface area contributed by atoms with Crippen molar-refractivity contribution in [3.05, 3.63) is 17.7 Å². The third kappa shape index (κ3) is 3.02. The second kappa shape index (κ2) is 5.85. The number of aromatic hydroxyl groups is 1. The zero-order valence-electron chi connectivity index (χ0n) is 8.92. The van der Waals surface area contributed by atoms with Crippen molar-refractivity contribution in [2.24, 2.45) is 0 Å². The van der Waals surface area contributed by atoms with E-state index in [1.165, 1.54) is 0 Å². The lowest BCUT2D eigenvalue weighted by molar-refractivity contribution is 0.317. The van der Waals surface area contributed by atoms with Gasteiger partial charge in [0.2, 0.25) is 0 Å². The molecule has 0 aliphatic carbocycles. The highest BCUT2D eigenvalue weighted by atomic mass is 79.9. The molecule has 3 nitrogen and oxygen atoms in total. The number of halogens is 1. The van der Waals surface area contributed by atoms with Crippen molar-refractivity contribution in [2.45, 2.75) is 19.2 Å². The summed E-state index contributed by atoms with van der Waals surface area (Å²) in [7, 11) is 0. The van der Waals surface area contributed by atoms with Crippen LogP contribution in [0.5, 0.6) is 17.2 Å². The second-order valence-corrected chi connectivity index (χ2v) is 3.48. The van der Waals surface area contributed by atoms with E-state index >= 15 is 0 Å². The first kappa shape index (κ1) is 12.2. The minimum absolute atomic E-state index is 0.196. The summed E-state index contributed by atoms with van der Waals surface area (Å²) in [4.78, 5) is 0. The topological polar surface area (TPSA) is 38.7 Å². The van der Waals surface area contributed by atoms with Crippen molar-refractivity contribution < 1.29 is 14.6 Å². The Hall–Kier alpha value is -0.900. The molecule has 0 saturated heterocycles. The van der Waals surface area contributed by atoms with E-state index in [-0.39, 0.29) is 5.75 Å². The molecule has 0 amide bonds. The second-order valence-electron chi connectivity index (χ2n) is 2.92. The van der Waals surface area contributed by atoms with E-state index in [1.54, 1.807) is 12.1 Å². The van der Waals surface area contributed by atoms with Crippen LogP contribution in [0.1, 0.15) is 19.4 Å². The fourth-order valence-corrected chi connectivity index (χ4v) is 1.84. The first-order valence-electron chi connectivity index (χ1n) is 4.90. The van der Waals surface area contributed by atoms with Crippen LogP contribution in [-0.4, -0.2) is 18.3 Å². The molecule has 15 heavy (non-hydrogen) atoms. The molecule has 0 aliphatic heterocycles. The SMILES string of the molecule is CCOc1cc(O)c(CBr)c(OCC)c1. The summed E-state index contributed by atoms with van der Waals surface area (Å²) in [5.41, 5.74) is 0.750. The number of alkyl halides is 1. The van der Waals surface area contributed by atoms with Crippen LogP contribution in [0.2, 0.25) is 0 Å². The van der Waals surface area contributed by atoms with Crippen LogP contribution in [0.4, 0.5) is 0 Å². The summed E-state index contributed by atoms with van der Waals surface area (Å²) in [6.07, 6.45) is 0. The van der Waals surface area contributed by atoms with Crippen molar-refractivity contribution in [3.8, 4) is 17.2 Å². The van der Waals surface area contributed by atoms with Gasteiger partial charge in [-0.05, 0) is 13.8 Å². The van der Waals surface area contributed by atoms with Gasteiger partial charge >= 0.3 is 0 Å². The number of rotatable bonds is 5. The summed E-state index contributed by atoms with van der Waals surface area (Å²) in [5.74, 6) is 1.49. The third-order valence-electron chi connectivity index (χ3n) is 1.90. The van der Waals surface area contributed by atoms with Crippen LogP contribution >= 0.6 is 15.9 Å². The molecule has 0 fully saturated rings. The zero-order valence-corrected chi connectivity index (χ0v) is 10.5. The fraction of sp³-hybridized carbons (Fsp3) is 0.455. The molecule has 0 bridgehead atoms. The van der Waals surface area contributed by atoms with Gasteiger partial charge in [-0.3, -0.25) is 0 Å². The molecular formula is C11H15BrO3. The van der Waals surface area contributed by atoms with Gasteiger partial charge < -0.3 is 14.6 Å². The Morgan fingerprint density at radius 2 is 1.87 bits per heavy atom. The number of hydrogen-bond acceptors (Lipinski definition) is 3. The van der Waals surface area contributed by atoms with E-state index in [9.17, 15) is 5.11 Å². The molecule has 0 aromatic heterocycles. The summed E-state index contributed by atoms with van der Waals surface area (Å²) in [6, 6.07) is 3.39. The Morgan fingerprint density at radius 3 is 2.40 bits per heavy atom. The Bertz CT molecular complexity index is 326. The van der Waals surface area contributed by atoms with E-state index < -0.39 is 0 Å². The van der Waals surface area contributed by atoms with Gasteiger partial charge in [-0.1, -0.05) is 15.9 Å². The van der Waals surface area contributed by atoms with E-state index in [0.717, 1.165) is 5.56 Å². The standard InChI is InChI=1S/C11H15BrO3/c1-3-14-8-5-10(13)9(7-12)11(6-8)15-4-2/h5-6,13H,3-4,7H2,1-2H3. The highest BCUT2D eigenvalue weighted by molar-refractivity contribution is 9.08. The fourth-order valence-electron chi connectivity index (χ4n) is 1.27. The van der Waals surface area contributed by atoms with Gasteiger partial charge in [0.15, 0.2) is 0 Å². The van der Waals surface area contributed by atoms with Gasteiger partial charge in [-0.25, -0.2) is 0 Å². The van der Waals surface area contributed by atoms with E-state index in [1.807, 2.05) is 13.8 Å². The van der Waals surface area contributed by atoms with Crippen molar-refractivity contribution in [3.63, 3.8) is 0 Å². The normalized spacial score (nSPS) is 10.1. The quantitative estimate of drug-likeness (QED) is 0.839. The van der Waals surface area contributed by atoms with Crippen LogP contribution in [-0.2, 0) is 5.33 Å². The minimum Gasteiger partial charge on any atom is -0.507 e. The summed E-state index contributed by atoms with van der Waals surface area (Å²) >= 11 is 3.31. The zero-order chi connectivity index (χ0) is 11.3. The van der Waals surface area contributed by atoms with Crippen molar-refractivity contribution in [1.29, 1.82) is 0 Å². The lowest BCUT2D eigenvalue weighted by Crippen LogP contribution is -1.98. The minimum atomic E-state index is 0.196. The van der Waals surface area contributed by atoms with Gasteiger partial charge in [0.05, 0.1) is 13.2 Å². The Balaban J connectivity index is 3.07. The molecule has 4 heteroatoms. The molecule has 0 unspecified atom stereocenters. The summed E-state index contributed by atoms with van der Waals surface area (Å²) in [6.45, 7) is 4.94. The molecule has 1 aromatic carbocycles. The highest BCUT2D eigenvalue weighted by Crippen LogP contribution is 2.34. The first-order valence-corrected chi connectivity index (χ1v) is 6.02. The number of hydrogen-bond donors (Lipinski definition) is 1. The Morgan fingerprint density at radius 1 is 1.20 bits per heavy atom. The van der Waals surface area contributed by atoms with Crippen LogP contribution in [0, 0.1) is 0 Å². The van der Waals surface area contributed by atoms with Gasteiger partial charge in [-0.15, -0.1) is 0 Å². The molecule has 0 radical (unpaired) electrons. The van der Waals surface area contributed by atoms with Crippen LogP contribution < -0.4 is 9.47 Å². The molecule has 1 rings (SSSR count). The Kier molecular flexibility index (Phi) is 4.75. The third-order valence-corrected chi connectivity index (χ3v) is 2.46. The molecule has 0 saturated carbocycles. The van der Waals surface area contributed by atoms with Crippen molar-refractivity contribution in [1.82, 2.24) is 0 Å². The molecular weight excluding hydrogens is 260 g/mol. The highest BCUT2D eigenvalue weighted by Gasteiger charge is 2.10. The first-order chi connectivity index (χ1) is 7.22.